The van der Waals surface area contributed by atoms with Crippen molar-refractivity contribution < 1.29 is 13.2 Å². The fraction of sp³-hybridized carbons (Fsp3) is 0.381. The van der Waals surface area contributed by atoms with Crippen LogP contribution < -0.4 is 5.32 Å². The first-order chi connectivity index (χ1) is 12.8. The first kappa shape index (κ1) is 21.1. The quantitative estimate of drug-likeness (QED) is 0.730. The minimum atomic E-state index is -3.54. The number of carbonyl (C=O) groups is 1. The zero-order valence-corrected chi connectivity index (χ0v) is 17.3. The number of amides is 1. The molecule has 2 aromatic carbocycles. The predicted molar refractivity (Wildman–Crippen MR) is 110 cm³/mol. The van der Waals surface area contributed by atoms with Crippen molar-refractivity contribution in [2.45, 2.75) is 45.4 Å². The molecule has 5 nitrogen and oxygen atoms in total. The maximum absolute atomic E-state index is 12.8. The van der Waals surface area contributed by atoms with E-state index in [2.05, 4.69) is 5.32 Å². The van der Waals surface area contributed by atoms with E-state index in [1.54, 1.807) is 12.1 Å². The largest absolute Gasteiger partial charge is 0.322 e. The molecule has 0 saturated carbocycles. The van der Waals surface area contributed by atoms with Gasteiger partial charge < -0.3 is 5.32 Å². The Labute approximate surface area is 162 Å². The van der Waals surface area contributed by atoms with Crippen molar-refractivity contribution in [2.75, 3.05) is 18.4 Å². The van der Waals surface area contributed by atoms with Gasteiger partial charge in [0.15, 0.2) is 0 Å². The van der Waals surface area contributed by atoms with E-state index in [0.29, 0.717) is 18.7 Å². The molecule has 0 fully saturated rings. The van der Waals surface area contributed by atoms with Gasteiger partial charge in [-0.05, 0) is 68.1 Å². The van der Waals surface area contributed by atoms with E-state index >= 15 is 0 Å². The number of carbonyl (C=O) groups excluding carboxylic acids is 1. The Morgan fingerprint density at radius 3 is 2.11 bits per heavy atom. The van der Waals surface area contributed by atoms with Crippen molar-refractivity contribution in [2.24, 2.45) is 0 Å². The van der Waals surface area contributed by atoms with Gasteiger partial charge in [0.1, 0.15) is 0 Å². The van der Waals surface area contributed by atoms with Crippen molar-refractivity contribution in [3.8, 4) is 0 Å². The summed E-state index contributed by atoms with van der Waals surface area (Å²) in [4.78, 5) is 12.7. The van der Waals surface area contributed by atoms with E-state index in [4.69, 9.17) is 0 Å². The van der Waals surface area contributed by atoms with Crippen molar-refractivity contribution in [1.82, 2.24) is 4.31 Å². The van der Waals surface area contributed by atoms with Crippen molar-refractivity contribution in [3.63, 3.8) is 0 Å². The van der Waals surface area contributed by atoms with E-state index in [1.165, 1.54) is 16.4 Å². The van der Waals surface area contributed by atoms with Crippen LogP contribution in [0.4, 0.5) is 5.69 Å². The molecule has 2 aromatic rings. The van der Waals surface area contributed by atoms with Crippen LogP contribution in [0, 0.1) is 13.8 Å². The van der Waals surface area contributed by atoms with Crippen LogP contribution in [-0.4, -0.2) is 31.7 Å². The standard InChI is InChI=1S/C21H28N2O3S/c1-5-14-23(15-6-2)27(25,26)19-12-10-18(11-13-19)21(24)22-20-9-7-8-16(3)17(20)4/h7-13H,5-6,14-15H2,1-4H3,(H,22,24). The van der Waals surface area contributed by atoms with Crippen LogP contribution in [0.25, 0.3) is 0 Å². The van der Waals surface area contributed by atoms with E-state index in [-0.39, 0.29) is 10.8 Å². The van der Waals surface area contributed by atoms with Gasteiger partial charge in [-0.1, -0.05) is 26.0 Å². The van der Waals surface area contributed by atoms with Crippen molar-refractivity contribution in [3.05, 3.63) is 59.2 Å². The smallest absolute Gasteiger partial charge is 0.255 e. The summed E-state index contributed by atoms with van der Waals surface area (Å²) in [6, 6.07) is 11.9. The SMILES string of the molecule is CCCN(CCC)S(=O)(=O)c1ccc(C(=O)Nc2cccc(C)c2C)cc1. The van der Waals surface area contributed by atoms with E-state index in [9.17, 15) is 13.2 Å². The summed E-state index contributed by atoms with van der Waals surface area (Å²) >= 11 is 0. The fourth-order valence-electron chi connectivity index (χ4n) is 2.86. The molecule has 0 spiro atoms. The predicted octanol–water partition coefficient (Wildman–Crippen LogP) is 4.37. The highest BCUT2D eigenvalue weighted by Crippen LogP contribution is 2.20. The molecule has 0 aromatic heterocycles. The van der Waals surface area contributed by atoms with E-state index in [1.807, 2.05) is 45.9 Å². The average molecular weight is 389 g/mol. The molecule has 1 amide bonds. The summed E-state index contributed by atoms with van der Waals surface area (Å²) in [6.07, 6.45) is 1.52. The summed E-state index contributed by atoms with van der Waals surface area (Å²) in [5.41, 5.74) is 3.29. The van der Waals surface area contributed by atoms with Gasteiger partial charge in [-0.25, -0.2) is 8.42 Å². The van der Waals surface area contributed by atoms with Gasteiger partial charge in [0, 0.05) is 24.3 Å². The van der Waals surface area contributed by atoms with Crippen molar-refractivity contribution in [1.29, 1.82) is 0 Å². The van der Waals surface area contributed by atoms with Gasteiger partial charge in [0.05, 0.1) is 4.90 Å². The highest BCUT2D eigenvalue weighted by atomic mass is 32.2. The number of rotatable bonds is 8. The van der Waals surface area contributed by atoms with Crippen LogP contribution >= 0.6 is 0 Å². The molecule has 0 heterocycles. The summed E-state index contributed by atoms with van der Waals surface area (Å²) in [6.45, 7) is 8.84. The average Bonchev–Trinajstić information content (AvgIpc) is 2.65. The Morgan fingerprint density at radius 2 is 1.56 bits per heavy atom. The lowest BCUT2D eigenvalue weighted by Gasteiger charge is -2.21. The van der Waals surface area contributed by atoms with Crippen LogP contribution in [-0.2, 0) is 10.0 Å². The van der Waals surface area contributed by atoms with Gasteiger partial charge >= 0.3 is 0 Å². The maximum Gasteiger partial charge on any atom is 0.255 e. The second-order valence-electron chi connectivity index (χ2n) is 6.63. The van der Waals surface area contributed by atoms with Gasteiger partial charge in [0.25, 0.3) is 5.91 Å². The molecule has 0 aliphatic carbocycles. The maximum atomic E-state index is 12.8. The number of aryl methyl sites for hydroxylation is 1. The number of benzene rings is 2. The highest BCUT2D eigenvalue weighted by molar-refractivity contribution is 7.89. The second kappa shape index (κ2) is 9.15. The molecule has 0 aliphatic rings. The summed E-state index contributed by atoms with van der Waals surface area (Å²) in [7, 11) is -3.54. The lowest BCUT2D eigenvalue weighted by atomic mass is 10.1. The zero-order valence-electron chi connectivity index (χ0n) is 16.5. The number of sulfonamides is 1. The molecular formula is C21H28N2O3S. The summed E-state index contributed by atoms with van der Waals surface area (Å²) in [5.74, 6) is -0.258. The highest BCUT2D eigenvalue weighted by Gasteiger charge is 2.23. The first-order valence-corrected chi connectivity index (χ1v) is 10.7. The van der Waals surface area contributed by atoms with Crippen LogP contribution in [0.2, 0.25) is 0 Å². The Bertz CT molecular complexity index is 884. The third-order valence-corrected chi connectivity index (χ3v) is 6.47. The Hall–Kier alpha value is -2.18. The van der Waals surface area contributed by atoms with E-state index < -0.39 is 10.0 Å². The molecule has 0 atom stereocenters. The normalized spacial score (nSPS) is 11.6. The molecule has 0 bridgehead atoms. The Morgan fingerprint density at radius 1 is 0.963 bits per heavy atom. The third-order valence-electron chi connectivity index (χ3n) is 4.55. The molecular weight excluding hydrogens is 360 g/mol. The van der Waals surface area contributed by atoms with Crippen LogP contribution in [0.1, 0.15) is 48.2 Å². The minimum absolute atomic E-state index is 0.215. The Balaban J connectivity index is 2.21. The first-order valence-electron chi connectivity index (χ1n) is 9.29. The van der Waals surface area contributed by atoms with Gasteiger partial charge in [-0.2, -0.15) is 4.31 Å². The van der Waals surface area contributed by atoms with Gasteiger partial charge in [-0.15, -0.1) is 0 Å². The summed E-state index contributed by atoms with van der Waals surface area (Å²) in [5, 5.41) is 2.89. The fourth-order valence-corrected chi connectivity index (χ4v) is 4.48. The summed E-state index contributed by atoms with van der Waals surface area (Å²) < 4.78 is 27.1. The van der Waals surface area contributed by atoms with Crippen molar-refractivity contribution >= 4 is 21.6 Å². The van der Waals surface area contributed by atoms with Crippen LogP contribution in [0.3, 0.4) is 0 Å². The van der Waals surface area contributed by atoms with Crippen LogP contribution in [0.15, 0.2) is 47.4 Å². The molecule has 0 radical (unpaired) electrons. The molecule has 146 valence electrons. The number of anilines is 1. The minimum Gasteiger partial charge on any atom is -0.322 e. The van der Waals surface area contributed by atoms with E-state index in [0.717, 1.165) is 29.7 Å². The lowest BCUT2D eigenvalue weighted by molar-refractivity contribution is 0.102. The monoisotopic (exact) mass is 388 g/mol. The number of nitrogens with zero attached hydrogens (tertiary/aromatic N) is 1. The van der Waals surface area contributed by atoms with Crippen LogP contribution in [0.5, 0.6) is 0 Å². The molecule has 0 aliphatic heterocycles. The molecule has 0 saturated heterocycles. The zero-order chi connectivity index (χ0) is 20.0. The molecule has 27 heavy (non-hydrogen) atoms. The van der Waals surface area contributed by atoms with Gasteiger partial charge in [-0.3, -0.25) is 4.79 Å². The molecule has 2 rings (SSSR count). The molecule has 0 unspecified atom stereocenters. The Kier molecular flexibility index (Phi) is 7.16. The lowest BCUT2D eigenvalue weighted by Crippen LogP contribution is -2.32. The third kappa shape index (κ3) is 4.96. The second-order valence-corrected chi connectivity index (χ2v) is 8.57. The molecule has 1 N–H and O–H groups in total. The number of hydrogen-bond donors (Lipinski definition) is 1. The molecule has 6 heteroatoms. The number of hydrogen-bond acceptors (Lipinski definition) is 3. The van der Waals surface area contributed by atoms with Gasteiger partial charge in [0.2, 0.25) is 10.0 Å². The number of nitrogens with one attached hydrogen (secondary N) is 1. The topological polar surface area (TPSA) is 66.5 Å².